The Morgan fingerprint density at radius 2 is 2.00 bits per heavy atom. The minimum absolute atomic E-state index is 0.0822. The Labute approximate surface area is 82.3 Å². The van der Waals surface area contributed by atoms with E-state index in [1.54, 1.807) is 6.07 Å². The fourth-order valence-corrected chi connectivity index (χ4v) is 1.98. The first-order chi connectivity index (χ1) is 6.63. The molecule has 1 unspecified atom stereocenters. The smallest absolute Gasteiger partial charge is 0.253 e. The van der Waals surface area contributed by atoms with Gasteiger partial charge >= 0.3 is 0 Å². The Morgan fingerprint density at radius 1 is 1.36 bits per heavy atom. The third-order valence-corrected chi connectivity index (χ3v) is 2.65. The van der Waals surface area contributed by atoms with E-state index in [-0.39, 0.29) is 11.7 Å². The lowest BCUT2D eigenvalue weighted by atomic mass is 10.0. The maximum atomic E-state index is 11.8. The van der Waals surface area contributed by atoms with Crippen LogP contribution < -0.4 is 0 Å². The Hall–Kier alpha value is -1.64. The van der Waals surface area contributed by atoms with Crippen molar-refractivity contribution in [1.82, 2.24) is 0 Å². The van der Waals surface area contributed by atoms with Gasteiger partial charge in [-0.2, -0.15) is 0 Å². The van der Waals surface area contributed by atoms with E-state index in [0.29, 0.717) is 16.0 Å². The topological polar surface area (TPSA) is 43.1 Å². The molecule has 0 saturated heterocycles. The van der Waals surface area contributed by atoms with Gasteiger partial charge in [-0.3, -0.25) is 4.79 Å². The summed E-state index contributed by atoms with van der Waals surface area (Å²) in [6, 6.07) is 7.37. The van der Waals surface area contributed by atoms with Gasteiger partial charge in [0.2, 0.25) is 5.71 Å². The van der Waals surface area contributed by atoms with Crippen molar-refractivity contribution in [2.24, 2.45) is 0 Å². The number of Topliss-reactive ketones (excluding diaryl/α,β-unsaturated/α-hetero) is 1. The van der Waals surface area contributed by atoms with Crippen molar-refractivity contribution in [2.45, 2.75) is 12.8 Å². The van der Waals surface area contributed by atoms with Crippen molar-refractivity contribution in [1.29, 1.82) is 0 Å². The second kappa shape index (κ2) is 2.94. The fourth-order valence-electron chi connectivity index (χ4n) is 1.98. The van der Waals surface area contributed by atoms with E-state index in [4.69, 9.17) is 0 Å². The summed E-state index contributed by atoms with van der Waals surface area (Å²) in [6.07, 6.45) is 0. The number of fused-ring (bicyclic) bond motifs is 1. The van der Waals surface area contributed by atoms with Crippen LogP contribution in [0.2, 0.25) is 0 Å². The van der Waals surface area contributed by atoms with Crippen LogP contribution in [-0.2, 0) is 0 Å². The van der Waals surface area contributed by atoms with E-state index in [1.807, 2.05) is 25.1 Å². The number of ketones is 1. The summed E-state index contributed by atoms with van der Waals surface area (Å²) in [5.41, 5.74) is 1.96. The van der Waals surface area contributed by atoms with Crippen LogP contribution in [0.25, 0.3) is 0 Å². The van der Waals surface area contributed by atoms with Crippen molar-refractivity contribution >= 4 is 11.5 Å². The maximum absolute atomic E-state index is 11.8. The highest BCUT2D eigenvalue weighted by Gasteiger charge is 2.38. The molecule has 0 amide bonds. The van der Waals surface area contributed by atoms with Crippen LogP contribution in [0.3, 0.4) is 0 Å². The highest BCUT2D eigenvalue weighted by molar-refractivity contribution is 6.49. The number of carbonyl (C=O) groups excluding carboxylic acids is 1. The summed E-state index contributed by atoms with van der Waals surface area (Å²) in [5, 5.41) is 11.2. The summed E-state index contributed by atoms with van der Waals surface area (Å²) in [7, 11) is 1.37. The summed E-state index contributed by atoms with van der Waals surface area (Å²) in [6.45, 7) is 1.88. The van der Waals surface area contributed by atoms with Gasteiger partial charge in [0.25, 0.3) is 5.78 Å². The predicted octanol–water partition coefficient (Wildman–Crippen LogP) is 1.57. The monoisotopic (exact) mass is 189 g/mol. The molecule has 0 heterocycles. The third-order valence-electron chi connectivity index (χ3n) is 2.65. The largest absolute Gasteiger partial charge is 0.624 e. The van der Waals surface area contributed by atoms with Gasteiger partial charge in [0.15, 0.2) is 0 Å². The van der Waals surface area contributed by atoms with Gasteiger partial charge in [-0.25, -0.2) is 4.74 Å². The summed E-state index contributed by atoms with van der Waals surface area (Å²) in [4.78, 5) is 11.8. The molecule has 0 spiro atoms. The number of hydrogen-bond donors (Lipinski definition) is 0. The number of benzene rings is 1. The number of hydroxylamine groups is 1. The van der Waals surface area contributed by atoms with Gasteiger partial charge in [-0.15, -0.1) is 0 Å². The molecule has 1 aliphatic rings. The minimum atomic E-state index is -0.134. The zero-order chi connectivity index (χ0) is 10.3. The van der Waals surface area contributed by atoms with Gasteiger partial charge in [-0.05, 0) is 12.5 Å². The van der Waals surface area contributed by atoms with Crippen molar-refractivity contribution in [3.05, 3.63) is 40.6 Å². The minimum Gasteiger partial charge on any atom is -0.624 e. The molecule has 0 fully saturated rings. The normalized spacial score (nSPS) is 23.6. The van der Waals surface area contributed by atoms with Crippen LogP contribution in [0.5, 0.6) is 0 Å². The van der Waals surface area contributed by atoms with E-state index in [2.05, 4.69) is 0 Å². The van der Waals surface area contributed by atoms with Gasteiger partial charge < -0.3 is 5.21 Å². The van der Waals surface area contributed by atoms with Crippen LogP contribution in [0.4, 0.5) is 0 Å². The van der Waals surface area contributed by atoms with Gasteiger partial charge in [0.1, 0.15) is 7.05 Å². The Morgan fingerprint density at radius 3 is 2.57 bits per heavy atom. The first kappa shape index (κ1) is 8.94. The molecule has 0 radical (unpaired) electrons. The quantitative estimate of drug-likeness (QED) is 0.353. The molecule has 1 aromatic carbocycles. The molecule has 0 bridgehead atoms. The van der Waals surface area contributed by atoms with E-state index < -0.39 is 0 Å². The molecule has 0 aliphatic heterocycles. The fraction of sp³-hybridized carbons (Fsp3) is 0.273. The standard InChI is InChI=1S/C11H11NO2/c1-7-8-5-3-4-6-9(8)11(13)10(7)12(2)14/h3-7H,1-2H3/b12-10-. The van der Waals surface area contributed by atoms with Gasteiger partial charge in [0.05, 0.1) is 5.92 Å². The average Bonchev–Trinajstić information content (AvgIpc) is 2.41. The van der Waals surface area contributed by atoms with Crippen molar-refractivity contribution < 1.29 is 9.53 Å². The molecule has 1 aliphatic carbocycles. The van der Waals surface area contributed by atoms with Crippen LogP contribution in [0.15, 0.2) is 24.3 Å². The number of hydrogen-bond acceptors (Lipinski definition) is 2. The van der Waals surface area contributed by atoms with Crippen LogP contribution in [0.1, 0.15) is 28.8 Å². The molecule has 3 heteroatoms. The molecule has 2 rings (SSSR count). The number of carbonyl (C=O) groups is 1. The van der Waals surface area contributed by atoms with E-state index in [0.717, 1.165) is 5.56 Å². The predicted molar refractivity (Wildman–Crippen MR) is 53.7 cm³/mol. The highest BCUT2D eigenvalue weighted by atomic mass is 16.5. The Balaban J connectivity index is 2.66. The van der Waals surface area contributed by atoms with Crippen LogP contribution in [0, 0.1) is 5.21 Å². The molecule has 1 aromatic rings. The molecular formula is C11H11NO2. The van der Waals surface area contributed by atoms with Gasteiger partial charge in [0, 0.05) is 5.56 Å². The molecule has 0 N–H and O–H groups in total. The Bertz CT molecular complexity index is 431. The lowest BCUT2D eigenvalue weighted by Crippen LogP contribution is -2.20. The van der Waals surface area contributed by atoms with E-state index in [9.17, 15) is 10.0 Å². The molecule has 3 nitrogen and oxygen atoms in total. The molecule has 0 saturated carbocycles. The first-order valence-corrected chi connectivity index (χ1v) is 4.54. The molecule has 14 heavy (non-hydrogen) atoms. The zero-order valence-corrected chi connectivity index (χ0v) is 8.15. The highest BCUT2D eigenvalue weighted by Crippen LogP contribution is 2.29. The average molecular weight is 189 g/mol. The van der Waals surface area contributed by atoms with E-state index in [1.165, 1.54) is 7.05 Å². The second-order valence-electron chi connectivity index (χ2n) is 3.52. The lowest BCUT2D eigenvalue weighted by molar-refractivity contribution is -0.422. The second-order valence-corrected chi connectivity index (χ2v) is 3.52. The summed E-state index contributed by atoms with van der Waals surface area (Å²) >= 11 is 0. The van der Waals surface area contributed by atoms with Crippen molar-refractivity contribution in [3.8, 4) is 0 Å². The first-order valence-electron chi connectivity index (χ1n) is 4.54. The number of nitrogens with zero attached hydrogens (tertiary/aromatic N) is 1. The molecule has 1 atom stereocenters. The van der Waals surface area contributed by atoms with Crippen molar-refractivity contribution in [2.75, 3.05) is 7.05 Å². The maximum Gasteiger partial charge on any atom is 0.253 e. The number of rotatable bonds is 0. The zero-order valence-electron chi connectivity index (χ0n) is 8.15. The van der Waals surface area contributed by atoms with E-state index >= 15 is 0 Å². The van der Waals surface area contributed by atoms with Crippen LogP contribution in [-0.4, -0.2) is 23.3 Å². The molecule has 72 valence electrons. The summed E-state index contributed by atoms with van der Waals surface area (Å²) in [5.74, 6) is -0.216. The molecule has 0 aromatic heterocycles. The van der Waals surface area contributed by atoms with Crippen molar-refractivity contribution in [3.63, 3.8) is 0 Å². The Kier molecular flexibility index (Phi) is 1.88. The SMILES string of the molecule is CC1/C(=[N+](\C)[O-])C(=O)c2ccccc21. The third kappa shape index (κ3) is 1.05. The lowest BCUT2D eigenvalue weighted by Gasteiger charge is -2.04. The molecular weight excluding hydrogens is 178 g/mol. The van der Waals surface area contributed by atoms with Crippen LogP contribution >= 0.6 is 0 Å². The van der Waals surface area contributed by atoms with Gasteiger partial charge in [-0.1, -0.05) is 24.3 Å². The summed E-state index contributed by atoms with van der Waals surface area (Å²) < 4.78 is 0.674.